The number of aryl methyl sites for hydroxylation is 2. The molecule has 1 aliphatic rings. The normalized spacial score (nSPS) is 11.9. The van der Waals surface area contributed by atoms with Gasteiger partial charge in [-0.1, -0.05) is 42.1 Å². The SMILES string of the molecule is [CH2-]c1ccc(-c2c(C)cccc2C)cc1N1[CH-]N(C)c2ccccc21.[Ir+3].[c-]1ccccc1-n1cccn1. The van der Waals surface area contributed by atoms with E-state index in [0.717, 1.165) is 16.9 Å². The predicted octanol–water partition coefficient (Wildman–Crippen LogP) is 7.53. The van der Waals surface area contributed by atoms with Gasteiger partial charge in [0.05, 0.1) is 0 Å². The predicted molar refractivity (Wildman–Crippen MR) is 149 cm³/mol. The standard InChI is InChI=1S/C23H22N2.C9H7N2.Ir/c1-16-12-13-19(23-17(2)8-7-9-18(23)3)14-22(16)25-15-24(4)20-10-5-6-11-21(20)25;1-2-5-9(6-3-1)11-8-4-7-10-11;/h5-15H,1H2,2-4H3;1-5,7-8H;/q-2;-1;+3. The molecule has 1 aromatic heterocycles. The van der Waals surface area contributed by atoms with Crippen LogP contribution in [-0.4, -0.2) is 16.8 Å². The molecule has 0 unspecified atom stereocenters. The Bertz CT molecular complexity index is 1440. The van der Waals surface area contributed by atoms with E-state index in [-0.39, 0.29) is 20.1 Å². The number of hydrogen-bond donors (Lipinski definition) is 0. The zero-order chi connectivity index (χ0) is 25.1. The Morgan fingerprint density at radius 3 is 2.22 bits per heavy atom. The molecule has 0 saturated heterocycles. The summed E-state index contributed by atoms with van der Waals surface area (Å²) in [6.45, 7) is 10.7. The van der Waals surface area contributed by atoms with Gasteiger partial charge in [-0.3, -0.25) is 4.68 Å². The second-order valence-electron chi connectivity index (χ2n) is 8.89. The molecule has 0 aliphatic carbocycles. The van der Waals surface area contributed by atoms with E-state index >= 15 is 0 Å². The van der Waals surface area contributed by atoms with Gasteiger partial charge in [0.1, 0.15) is 0 Å². The quantitative estimate of drug-likeness (QED) is 0.187. The van der Waals surface area contributed by atoms with Crippen molar-refractivity contribution in [2.45, 2.75) is 13.8 Å². The minimum Gasteiger partial charge on any atom is -0.526 e. The second kappa shape index (κ2) is 11.5. The Morgan fingerprint density at radius 2 is 1.54 bits per heavy atom. The zero-order valence-corrected chi connectivity index (χ0v) is 23.6. The van der Waals surface area contributed by atoms with Crippen LogP contribution >= 0.6 is 0 Å². The van der Waals surface area contributed by atoms with Crippen LogP contribution in [0.1, 0.15) is 16.7 Å². The first kappa shape index (κ1) is 26.3. The Labute approximate surface area is 233 Å². The molecule has 6 rings (SSSR count). The molecule has 0 atom stereocenters. The van der Waals surface area contributed by atoms with Crippen LogP contribution in [0.3, 0.4) is 0 Å². The summed E-state index contributed by atoms with van der Waals surface area (Å²) in [5, 5.41) is 4.07. The fourth-order valence-corrected chi connectivity index (χ4v) is 4.61. The van der Waals surface area contributed by atoms with Crippen molar-refractivity contribution in [1.29, 1.82) is 0 Å². The summed E-state index contributed by atoms with van der Waals surface area (Å²) in [6.07, 6.45) is 3.65. The number of aromatic nitrogens is 2. The number of fused-ring (bicyclic) bond motifs is 1. The van der Waals surface area contributed by atoms with Crippen molar-refractivity contribution in [2.24, 2.45) is 0 Å². The first-order valence-corrected chi connectivity index (χ1v) is 12.0. The molecule has 5 heteroatoms. The molecule has 0 radical (unpaired) electrons. The van der Waals surface area contributed by atoms with E-state index in [9.17, 15) is 0 Å². The molecule has 4 nitrogen and oxygen atoms in total. The summed E-state index contributed by atoms with van der Waals surface area (Å²) in [7, 11) is 2.08. The van der Waals surface area contributed by atoms with E-state index in [0.29, 0.717) is 0 Å². The fraction of sp³-hybridized carbons (Fsp3) is 0.0938. The average Bonchev–Trinajstić information content (AvgIpc) is 3.55. The molecule has 186 valence electrons. The smallest absolute Gasteiger partial charge is 0.526 e. The van der Waals surface area contributed by atoms with Crippen molar-refractivity contribution in [2.75, 3.05) is 16.8 Å². The number of benzene rings is 4. The molecule has 0 spiro atoms. The summed E-state index contributed by atoms with van der Waals surface area (Å²) < 4.78 is 1.78. The molecule has 0 saturated carbocycles. The molecular formula is C32H29IrN4. The van der Waals surface area contributed by atoms with Gasteiger partial charge in [0.25, 0.3) is 0 Å². The summed E-state index contributed by atoms with van der Waals surface area (Å²) in [5.74, 6) is 0. The first-order chi connectivity index (χ1) is 17.5. The van der Waals surface area contributed by atoms with E-state index in [2.05, 4.69) is 116 Å². The van der Waals surface area contributed by atoms with Gasteiger partial charge >= 0.3 is 20.1 Å². The van der Waals surface area contributed by atoms with Crippen molar-refractivity contribution >= 4 is 17.1 Å². The minimum atomic E-state index is 0. The minimum absolute atomic E-state index is 0. The summed E-state index contributed by atoms with van der Waals surface area (Å²) in [5.41, 5.74) is 10.7. The van der Waals surface area contributed by atoms with Crippen LogP contribution in [0.25, 0.3) is 16.8 Å². The Balaban J connectivity index is 0.000000224. The van der Waals surface area contributed by atoms with Crippen molar-refractivity contribution in [3.63, 3.8) is 0 Å². The molecule has 1 aliphatic heterocycles. The number of nitrogens with zero attached hydrogens (tertiary/aromatic N) is 4. The topological polar surface area (TPSA) is 24.3 Å². The number of para-hydroxylation sites is 3. The van der Waals surface area contributed by atoms with Gasteiger partial charge < -0.3 is 9.80 Å². The van der Waals surface area contributed by atoms with Crippen LogP contribution in [0.5, 0.6) is 0 Å². The second-order valence-corrected chi connectivity index (χ2v) is 8.89. The van der Waals surface area contributed by atoms with E-state index in [1.54, 1.807) is 10.9 Å². The van der Waals surface area contributed by atoms with Crippen molar-refractivity contribution in [3.8, 4) is 16.8 Å². The van der Waals surface area contributed by atoms with Gasteiger partial charge in [-0.25, -0.2) is 0 Å². The van der Waals surface area contributed by atoms with Crippen LogP contribution in [0.4, 0.5) is 17.1 Å². The molecular weight excluding hydrogens is 633 g/mol. The third kappa shape index (κ3) is 5.48. The molecule has 37 heavy (non-hydrogen) atoms. The number of hydrogen-bond acceptors (Lipinski definition) is 3. The van der Waals surface area contributed by atoms with Gasteiger partial charge in [0.15, 0.2) is 0 Å². The van der Waals surface area contributed by atoms with E-state index < -0.39 is 0 Å². The molecule has 0 fully saturated rings. The maximum atomic E-state index is 4.26. The van der Waals surface area contributed by atoms with Crippen LogP contribution in [0.2, 0.25) is 0 Å². The van der Waals surface area contributed by atoms with Crippen molar-refractivity contribution < 1.29 is 20.1 Å². The summed E-state index contributed by atoms with van der Waals surface area (Å²) in [4.78, 5) is 4.38. The summed E-state index contributed by atoms with van der Waals surface area (Å²) in [6, 6.07) is 34.2. The third-order valence-corrected chi connectivity index (χ3v) is 6.37. The van der Waals surface area contributed by atoms with Crippen molar-refractivity contribution in [3.05, 3.63) is 140 Å². The van der Waals surface area contributed by atoms with E-state index in [1.807, 2.05) is 36.5 Å². The number of rotatable bonds is 3. The average molecular weight is 662 g/mol. The molecule has 4 aromatic carbocycles. The number of anilines is 3. The molecule has 5 aromatic rings. The maximum Gasteiger partial charge on any atom is 3.00 e. The van der Waals surface area contributed by atoms with E-state index in [1.165, 1.54) is 33.6 Å². The van der Waals surface area contributed by atoms with Crippen LogP contribution in [0, 0.1) is 33.5 Å². The Morgan fingerprint density at radius 1 is 0.811 bits per heavy atom. The van der Waals surface area contributed by atoms with Gasteiger partial charge in [0.2, 0.25) is 0 Å². The molecule has 2 heterocycles. The van der Waals surface area contributed by atoms with Gasteiger partial charge in [0, 0.05) is 23.8 Å². The summed E-state index contributed by atoms with van der Waals surface area (Å²) >= 11 is 0. The Kier molecular flexibility index (Phi) is 8.17. The first-order valence-electron chi connectivity index (χ1n) is 12.0. The largest absolute Gasteiger partial charge is 3.00 e. The van der Waals surface area contributed by atoms with Crippen molar-refractivity contribution in [1.82, 2.24) is 9.78 Å². The van der Waals surface area contributed by atoms with Crippen LogP contribution < -0.4 is 9.80 Å². The van der Waals surface area contributed by atoms with Gasteiger partial charge in [-0.15, -0.1) is 12.1 Å². The Hall–Kier alpha value is -3.79. The van der Waals surface area contributed by atoms with Gasteiger partial charge in [-0.05, 0) is 67.0 Å². The molecule has 0 bridgehead atoms. The third-order valence-electron chi connectivity index (χ3n) is 6.37. The maximum absolute atomic E-state index is 4.26. The molecule has 0 N–H and O–H groups in total. The zero-order valence-electron chi connectivity index (χ0n) is 21.2. The monoisotopic (exact) mass is 662 g/mol. The van der Waals surface area contributed by atoms with Gasteiger partial charge in [-0.2, -0.15) is 54.6 Å². The van der Waals surface area contributed by atoms with Crippen LogP contribution in [-0.2, 0) is 20.1 Å². The van der Waals surface area contributed by atoms with E-state index in [4.69, 9.17) is 0 Å². The van der Waals surface area contributed by atoms with Crippen LogP contribution in [0.15, 0.2) is 103 Å². The fourth-order valence-electron chi connectivity index (χ4n) is 4.61. The molecule has 0 amide bonds.